The van der Waals surface area contributed by atoms with Gasteiger partial charge in [-0.25, -0.2) is 0 Å². The van der Waals surface area contributed by atoms with E-state index in [-0.39, 0.29) is 0 Å². The van der Waals surface area contributed by atoms with Gasteiger partial charge in [-0.2, -0.15) is 0 Å². The van der Waals surface area contributed by atoms with Gasteiger partial charge in [-0.1, -0.05) is 19.8 Å². The van der Waals surface area contributed by atoms with E-state index in [1.54, 1.807) is 0 Å². The monoisotopic (exact) mass is 184 g/mol. The van der Waals surface area contributed by atoms with E-state index in [9.17, 15) is 0 Å². The van der Waals surface area contributed by atoms with E-state index in [2.05, 4.69) is 31.1 Å². The van der Waals surface area contributed by atoms with E-state index in [4.69, 9.17) is 0 Å². The maximum Gasteiger partial charge on any atom is 0.0209 e. The Morgan fingerprint density at radius 3 is 2.85 bits per heavy atom. The minimum absolute atomic E-state index is 0.705. The molecule has 0 radical (unpaired) electrons. The Balaban J connectivity index is 2.09. The van der Waals surface area contributed by atoms with E-state index in [0.29, 0.717) is 6.04 Å². The first-order valence-electron chi connectivity index (χ1n) is 5.67. The topological polar surface area (TPSA) is 15.3 Å². The molecule has 2 unspecified atom stereocenters. The van der Waals surface area contributed by atoms with Crippen molar-refractivity contribution in [1.82, 2.24) is 10.2 Å². The van der Waals surface area contributed by atoms with Crippen LogP contribution in [0.5, 0.6) is 0 Å². The smallest absolute Gasteiger partial charge is 0.0209 e. The molecule has 0 amide bonds. The van der Waals surface area contributed by atoms with Gasteiger partial charge in [0.05, 0.1) is 0 Å². The molecule has 1 rings (SSSR count). The highest BCUT2D eigenvalue weighted by atomic mass is 15.2. The van der Waals surface area contributed by atoms with Gasteiger partial charge in [-0.15, -0.1) is 0 Å². The zero-order valence-corrected chi connectivity index (χ0v) is 9.34. The van der Waals surface area contributed by atoms with Crippen molar-refractivity contribution in [2.75, 3.05) is 20.1 Å². The van der Waals surface area contributed by atoms with Crippen LogP contribution in [0.2, 0.25) is 0 Å². The van der Waals surface area contributed by atoms with Gasteiger partial charge in [0, 0.05) is 18.6 Å². The standard InChI is InChI=1S/C11H24N2/c1-4-5-6-10(2)12-11-7-8-13(3)9-11/h10-12H,4-9H2,1-3H3. The molecule has 1 heterocycles. The molecule has 1 aliphatic rings. The normalized spacial score (nSPS) is 26.5. The lowest BCUT2D eigenvalue weighted by Crippen LogP contribution is -2.38. The lowest BCUT2D eigenvalue weighted by molar-refractivity contribution is 0.377. The third-order valence-electron chi connectivity index (χ3n) is 2.90. The molecule has 1 N–H and O–H groups in total. The van der Waals surface area contributed by atoms with E-state index in [1.807, 2.05) is 0 Å². The van der Waals surface area contributed by atoms with Crippen LogP contribution in [-0.4, -0.2) is 37.1 Å². The number of nitrogens with zero attached hydrogens (tertiary/aromatic N) is 1. The second-order valence-corrected chi connectivity index (χ2v) is 4.46. The van der Waals surface area contributed by atoms with Crippen LogP contribution in [0, 0.1) is 0 Å². The summed E-state index contributed by atoms with van der Waals surface area (Å²) < 4.78 is 0. The third kappa shape index (κ3) is 4.10. The van der Waals surface area contributed by atoms with Gasteiger partial charge in [0.1, 0.15) is 0 Å². The Morgan fingerprint density at radius 1 is 1.54 bits per heavy atom. The fraction of sp³-hybridized carbons (Fsp3) is 1.00. The highest BCUT2D eigenvalue weighted by Gasteiger charge is 2.19. The molecule has 2 nitrogen and oxygen atoms in total. The molecule has 0 saturated carbocycles. The van der Waals surface area contributed by atoms with E-state index >= 15 is 0 Å². The van der Waals surface area contributed by atoms with Crippen LogP contribution >= 0.6 is 0 Å². The number of hydrogen-bond acceptors (Lipinski definition) is 2. The van der Waals surface area contributed by atoms with Gasteiger partial charge in [-0.05, 0) is 33.4 Å². The summed E-state index contributed by atoms with van der Waals surface area (Å²) in [6.45, 7) is 7.07. The average Bonchev–Trinajstić information content (AvgIpc) is 2.48. The molecule has 0 aromatic heterocycles. The molecule has 1 aliphatic heterocycles. The largest absolute Gasteiger partial charge is 0.310 e. The van der Waals surface area contributed by atoms with Crippen molar-refractivity contribution >= 4 is 0 Å². The number of rotatable bonds is 5. The molecule has 0 bridgehead atoms. The first-order chi connectivity index (χ1) is 6.22. The maximum atomic E-state index is 3.70. The summed E-state index contributed by atoms with van der Waals surface area (Å²) >= 11 is 0. The molecule has 0 aromatic rings. The van der Waals surface area contributed by atoms with Crippen molar-refractivity contribution in [3.05, 3.63) is 0 Å². The van der Waals surface area contributed by atoms with Gasteiger partial charge >= 0.3 is 0 Å². The van der Waals surface area contributed by atoms with Crippen LogP contribution < -0.4 is 5.32 Å². The molecule has 0 aromatic carbocycles. The van der Waals surface area contributed by atoms with Crippen molar-refractivity contribution in [3.63, 3.8) is 0 Å². The maximum absolute atomic E-state index is 3.70. The van der Waals surface area contributed by atoms with E-state index in [0.717, 1.165) is 6.04 Å². The quantitative estimate of drug-likeness (QED) is 0.701. The summed E-state index contributed by atoms with van der Waals surface area (Å²) in [7, 11) is 2.21. The number of nitrogens with one attached hydrogen (secondary N) is 1. The second-order valence-electron chi connectivity index (χ2n) is 4.46. The zero-order chi connectivity index (χ0) is 9.68. The number of hydrogen-bond donors (Lipinski definition) is 1. The van der Waals surface area contributed by atoms with Crippen LogP contribution in [0.1, 0.15) is 39.5 Å². The van der Waals surface area contributed by atoms with Crippen LogP contribution in [-0.2, 0) is 0 Å². The van der Waals surface area contributed by atoms with Crippen molar-refractivity contribution in [2.24, 2.45) is 0 Å². The Labute approximate surface area is 82.7 Å². The van der Waals surface area contributed by atoms with Crippen LogP contribution in [0.25, 0.3) is 0 Å². The van der Waals surface area contributed by atoms with Gasteiger partial charge in [0.15, 0.2) is 0 Å². The summed E-state index contributed by atoms with van der Waals surface area (Å²) in [6.07, 6.45) is 5.33. The SMILES string of the molecule is CCCCC(C)NC1CCN(C)C1. The number of unbranched alkanes of at least 4 members (excludes halogenated alkanes) is 1. The van der Waals surface area contributed by atoms with Crippen molar-refractivity contribution in [2.45, 2.75) is 51.6 Å². The summed E-state index contributed by atoms with van der Waals surface area (Å²) in [4.78, 5) is 2.41. The molecule has 1 saturated heterocycles. The fourth-order valence-corrected chi connectivity index (χ4v) is 2.07. The summed E-state index contributed by atoms with van der Waals surface area (Å²) in [5, 5.41) is 3.70. The highest BCUT2D eigenvalue weighted by Crippen LogP contribution is 2.09. The molecular weight excluding hydrogens is 160 g/mol. The van der Waals surface area contributed by atoms with Crippen molar-refractivity contribution in [3.8, 4) is 0 Å². The number of likely N-dealkylation sites (N-methyl/N-ethyl adjacent to an activating group) is 1. The summed E-state index contributed by atoms with van der Waals surface area (Å²) in [5.74, 6) is 0. The van der Waals surface area contributed by atoms with Crippen LogP contribution in [0.3, 0.4) is 0 Å². The Bertz CT molecular complexity index is 136. The number of likely N-dealkylation sites (tertiary alicyclic amines) is 1. The van der Waals surface area contributed by atoms with Crippen LogP contribution in [0.15, 0.2) is 0 Å². The first-order valence-corrected chi connectivity index (χ1v) is 5.67. The molecule has 1 fully saturated rings. The molecule has 2 atom stereocenters. The predicted octanol–water partition coefficient (Wildman–Crippen LogP) is 1.86. The van der Waals surface area contributed by atoms with Gasteiger partial charge in [0.2, 0.25) is 0 Å². The Hall–Kier alpha value is -0.0800. The molecule has 0 aliphatic carbocycles. The third-order valence-corrected chi connectivity index (χ3v) is 2.90. The van der Waals surface area contributed by atoms with Gasteiger partial charge < -0.3 is 10.2 Å². The van der Waals surface area contributed by atoms with E-state index in [1.165, 1.54) is 38.8 Å². The second kappa shape index (κ2) is 5.61. The highest BCUT2D eigenvalue weighted by molar-refractivity contribution is 4.80. The zero-order valence-electron chi connectivity index (χ0n) is 9.34. The molecule has 2 heteroatoms. The fourth-order valence-electron chi connectivity index (χ4n) is 2.07. The lowest BCUT2D eigenvalue weighted by Gasteiger charge is -2.19. The van der Waals surface area contributed by atoms with Gasteiger partial charge in [-0.3, -0.25) is 0 Å². The van der Waals surface area contributed by atoms with E-state index < -0.39 is 0 Å². The van der Waals surface area contributed by atoms with Crippen LogP contribution in [0.4, 0.5) is 0 Å². The molecule has 13 heavy (non-hydrogen) atoms. The predicted molar refractivity (Wildman–Crippen MR) is 58.0 cm³/mol. The molecular formula is C11H24N2. The lowest BCUT2D eigenvalue weighted by atomic mass is 10.1. The summed E-state index contributed by atoms with van der Waals surface area (Å²) in [6, 6.07) is 1.45. The average molecular weight is 184 g/mol. The molecule has 78 valence electrons. The Kier molecular flexibility index (Phi) is 4.74. The van der Waals surface area contributed by atoms with Crippen molar-refractivity contribution < 1.29 is 0 Å². The minimum atomic E-state index is 0.705. The minimum Gasteiger partial charge on any atom is -0.310 e. The molecule has 0 spiro atoms. The van der Waals surface area contributed by atoms with Gasteiger partial charge in [0.25, 0.3) is 0 Å². The Morgan fingerprint density at radius 2 is 2.31 bits per heavy atom. The first kappa shape index (κ1) is 11.0. The van der Waals surface area contributed by atoms with Crippen molar-refractivity contribution in [1.29, 1.82) is 0 Å². The summed E-state index contributed by atoms with van der Waals surface area (Å²) in [5.41, 5.74) is 0.